The molecule has 0 aliphatic carbocycles. The Labute approximate surface area is 86.9 Å². The highest BCUT2D eigenvalue weighted by atomic mass is 16.4. The molecule has 0 unspecified atom stereocenters. The molecule has 2 amide bonds. The third-order valence-corrected chi connectivity index (χ3v) is 1.82. The largest absolute Gasteiger partial charge is 0.477 e. The Balaban J connectivity index is 2.51. The fourth-order valence-corrected chi connectivity index (χ4v) is 1.00. The average molecular weight is 211 g/mol. The molecule has 0 fully saturated rings. The zero-order chi connectivity index (χ0) is 11.4. The van der Waals surface area contributed by atoms with Crippen LogP contribution in [0.2, 0.25) is 0 Å². The normalized spacial score (nSPS) is 9.73. The fraction of sp³-hybridized carbons (Fsp3) is 0.333. The minimum Gasteiger partial charge on any atom is -0.477 e. The zero-order valence-electron chi connectivity index (χ0n) is 8.57. The number of nitrogens with one attached hydrogen (secondary N) is 2. The number of amides is 2. The van der Waals surface area contributed by atoms with E-state index in [1.807, 2.05) is 0 Å². The minimum absolute atomic E-state index is 0.115. The molecule has 0 bridgehead atoms. The molecular weight excluding hydrogens is 198 g/mol. The van der Waals surface area contributed by atoms with Crippen LogP contribution in [0.1, 0.15) is 16.1 Å². The van der Waals surface area contributed by atoms with E-state index in [9.17, 15) is 9.59 Å². The number of carbonyl (C=O) groups excluding carboxylic acids is 1. The number of aromatic nitrogens is 1. The molecule has 82 valence electrons. The van der Waals surface area contributed by atoms with E-state index < -0.39 is 5.97 Å². The molecule has 6 nitrogen and oxygen atoms in total. The van der Waals surface area contributed by atoms with Gasteiger partial charge in [0.2, 0.25) is 0 Å². The summed E-state index contributed by atoms with van der Waals surface area (Å²) in [5, 5.41) is 11.3. The lowest BCUT2D eigenvalue weighted by molar-refractivity contribution is 0.0691. The van der Waals surface area contributed by atoms with Gasteiger partial charge in [-0.25, -0.2) is 9.59 Å². The predicted octanol–water partition coefficient (Wildman–Crippen LogP) is 0.484. The van der Waals surface area contributed by atoms with Crippen molar-refractivity contribution in [2.24, 2.45) is 0 Å². The molecule has 0 atom stereocenters. The highest BCUT2D eigenvalue weighted by Gasteiger charge is 2.07. The van der Waals surface area contributed by atoms with Gasteiger partial charge in [-0.2, -0.15) is 0 Å². The number of aromatic carboxylic acids is 1. The molecule has 1 rings (SSSR count). The van der Waals surface area contributed by atoms with Crippen LogP contribution in [-0.4, -0.2) is 41.1 Å². The maximum Gasteiger partial charge on any atom is 0.352 e. The summed E-state index contributed by atoms with van der Waals surface area (Å²) in [5.41, 5.74) is 0.840. The lowest BCUT2D eigenvalue weighted by Gasteiger charge is -2.10. The molecule has 1 aromatic rings. The lowest BCUT2D eigenvalue weighted by atomic mass is 10.3. The Morgan fingerprint density at radius 2 is 2.20 bits per heavy atom. The van der Waals surface area contributed by atoms with Crippen LogP contribution in [0, 0.1) is 0 Å². The summed E-state index contributed by atoms with van der Waals surface area (Å²) in [7, 11) is 3.27. The summed E-state index contributed by atoms with van der Waals surface area (Å²) in [6, 6.07) is 1.27. The van der Waals surface area contributed by atoms with Crippen LogP contribution >= 0.6 is 0 Å². The molecule has 3 N–H and O–H groups in total. The van der Waals surface area contributed by atoms with Gasteiger partial charge in [0.25, 0.3) is 0 Å². The van der Waals surface area contributed by atoms with Crippen molar-refractivity contribution in [1.29, 1.82) is 0 Å². The van der Waals surface area contributed by atoms with E-state index in [2.05, 4.69) is 10.3 Å². The number of nitrogens with zero attached hydrogens (tertiary/aromatic N) is 1. The van der Waals surface area contributed by atoms with Crippen molar-refractivity contribution in [2.45, 2.75) is 6.54 Å². The van der Waals surface area contributed by atoms with Crippen molar-refractivity contribution in [3.63, 3.8) is 0 Å². The predicted molar refractivity (Wildman–Crippen MR) is 53.7 cm³/mol. The van der Waals surface area contributed by atoms with Gasteiger partial charge in [-0.05, 0) is 11.6 Å². The molecule has 0 radical (unpaired) electrons. The van der Waals surface area contributed by atoms with Crippen molar-refractivity contribution >= 4 is 12.0 Å². The van der Waals surface area contributed by atoms with Gasteiger partial charge < -0.3 is 20.3 Å². The Morgan fingerprint density at radius 1 is 1.53 bits per heavy atom. The SMILES string of the molecule is CN(C)C(=O)NCc1c[nH]c(C(=O)O)c1. The summed E-state index contributed by atoms with van der Waals surface area (Å²) in [6.07, 6.45) is 1.55. The molecule has 0 saturated carbocycles. The standard InChI is InChI=1S/C9H13N3O3/c1-12(2)9(15)11-5-6-3-7(8(13)14)10-4-6/h3-4,10H,5H2,1-2H3,(H,11,15)(H,13,14). The second-order valence-corrected chi connectivity index (χ2v) is 3.28. The molecule has 0 aromatic carbocycles. The second-order valence-electron chi connectivity index (χ2n) is 3.28. The first kappa shape index (κ1) is 11.1. The quantitative estimate of drug-likeness (QED) is 0.679. The van der Waals surface area contributed by atoms with Crippen molar-refractivity contribution in [3.8, 4) is 0 Å². The van der Waals surface area contributed by atoms with E-state index in [0.29, 0.717) is 6.54 Å². The van der Waals surface area contributed by atoms with Crippen molar-refractivity contribution in [1.82, 2.24) is 15.2 Å². The van der Waals surface area contributed by atoms with Crippen LogP contribution in [0.5, 0.6) is 0 Å². The van der Waals surface area contributed by atoms with Crippen molar-refractivity contribution < 1.29 is 14.7 Å². The van der Waals surface area contributed by atoms with E-state index in [1.54, 1.807) is 20.3 Å². The topological polar surface area (TPSA) is 85.4 Å². The highest BCUT2D eigenvalue weighted by molar-refractivity contribution is 5.85. The van der Waals surface area contributed by atoms with Crippen molar-refractivity contribution in [3.05, 3.63) is 23.5 Å². The van der Waals surface area contributed by atoms with Gasteiger partial charge in [-0.3, -0.25) is 0 Å². The van der Waals surface area contributed by atoms with Gasteiger partial charge >= 0.3 is 12.0 Å². The summed E-state index contributed by atoms with van der Waals surface area (Å²) in [4.78, 5) is 25.7. The highest BCUT2D eigenvalue weighted by Crippen LogP contribution is 2.02. The van der Waals surface area contributed by atoms with E-state index in [-0.39, 0.29) is 11.7 Å². The number of carbonyl (C=O) groups is 2. The van der Waals surface area contributed by atoms with Crippen LogP contribution in [0.25, 0.3) is 0 Å². The Hall–Kier alpha value is -1.98. The number of carboxylic acid groups (broad SMARTS) is 1. The van der Waals surface area contributed by atoms with E-state index in [4.69, 9.17) is 5.11 Å². The van der Waals surface area contributed by atoms with Gasteiger partial charge in [0.1, 0.15) is 5.69 Å². The number of hydrogen-bond donors (Lipinski definition) is 3. The molecule has 15 heavy (non-hydrogen) atoms. The lowest BCUT2D eigenvalue weighted by Crippen LogP contribution is -2.33. The van der Waals surface area contributed by atoms with Crippen LogP contribution in [0.3, 0.4) is 0 Å². The summed E-state index contributed by atoms with van der Waals surface area (Å²) in [6.45, 7) is 0.306. The van der Waals surface area contributed by atoms with Gasteiger partial charge in [0, 0.05) is 26.8 Å². The third kappa shape index (κ3) is 3.01. The average Bonchev–Trinajstić information content (AvgIpc) is 2.62. The molecular formula is C9H13N3O3. The van der Waals surface area contributed by atoms with Crippen LogP contribution in [0.4, 0.5) is 4.79 Å². The number of urea groups is 1. The van der Waals surface area contributed by atoms with Crippen molar-refractivity contribution in [2.75, 3.05) is 14.1 Å². The van der Waals surface area contributed by atoms with Gasteiger partial charge in [0.15, 0.2) is 0 Å². The smallest absolute Gasteiger partial charge is 0.352 e. The second kappa shape index (κ2) is 4.50. The molecule has 0 aliphatic rings. The number of carboxylic acids is 1. The van der Waals surface area contributed by atoms with Gasteiger partial charge in [0.05, 0.1) is 0 Å². The summed E-state index contributed by atoms with van der Waals surface area (Å²) < 4.78 is 0. The Bertz CT molecular complexity index is 370. The monoisotopic (exact) mass is 211 g/mol. The minimum atomic E-state index is -1.01. The van der Waals surface area contributed by atoms with E-state index in [1.165, 1.54) is 11.0 Å². The van der Waals surface area contributed by atoms with E-state index >= 15 is 0 Å². The molecule has 0 aliphatic heterocycles. The van der Waals surface area contributed by atoms with Crippen LogP contribution < -0.4 is 5.32 Å². The first-order valence-electron chi connectivity index (χ1n) is 4.36. The van der Waals surface area contributed by atoms with Crippen LogP contribution in [-0.2, 0) is 6.54 Å². The number of aromatic amines is 1. The van der Waals surface area contributed by atoms with Gasteiger partial charge in [-0.15, -0.1) is 0 Å². The fourth-order valence-electron chi connectivity index (χ4n) is 1.00. The summed E-state index contributed by atoms with van der Waals surface area (Å²) in [5.74, 6) is -1.01. The third-order valence-electron chi connectivity index (χ3n) is 1.82. The maximum atomic E-state index is 11.1. The molecule has 1 aromatic heterocycles. The molecule has 0 saturated heterocycles. The molecule has 6 heteroatoms. The van der Waals surface area contributed by atoms with E-state index in [0.717, 1.165) is 5.56 Å². The number of hydrogen-bond acceptors (Lipinski definition) is 2. The molecule has 0 spiro atoms. The first-order valence-corrected chi connectivity index (χ1v) is 4.36. The first-order chi connectivity index (χ1) is 7.00. The zero-order valence-corrected chi connectivity index (χ0v) is 8.57. The van der Waals surface area contributed by atoms with Gasteiger partial charge in [-0.1, -0.05) is 0 Å². The number of H-pyrrole nitrogens is 1. The maximum absolute atomic E-state index is 11.1. The summed E-state index contributed by atoms with van der Waals surface area (Å²) >= 11 is 0. The molecule has 1 heterocycles. The Morgan fingerprint density at radius 3 is 2.67 bits per heavy atom. The number of rotatable bonds is 3. The van der Waals surface area contributed by atoms with Crippen LogP contribution in [0.15, 0.2) is 12.3 Å². The Kier molecular flexibility index (Phi) is 3.33.